The molecule has 0 atom stereocenters. The summed E-state index contributed by atoms with van der Waals surface area (Å²) in [6.07, 6.45) is 0.417. The van der Waals surface area contributed by atoms with E-state index in [4.69, 9.17) is 0 Å². The van der Waals surface area contributed by atoms with E-state index < -0.39 is 0 Å². The quantitative estimate of drug-likeness (QED) is 0.767. The second-order valence-corrected chi connectivity index (χ2v) is 5.58. The number of thiophene rings is 1. The molecular formula is C11H11NOS2. The van der Waals surface area contributed by atoms with E-state index in [1.807, 2.05) is 30.7 Å². The molecule has 0 fully saturated rings. The van der Waals surface area contributed by atoms with Gasteiger partial charge in [-0.15, -0.1) is 22.7 Å². The van der Waals surface area contributed by atoms with Crippen LogP contribution in [0, 0.1) is 13.8 Å². The number of carbonyl (C=O) groups is 1. The maximum absolute atomic E-state index is 11.8. The zero-order valence-electron chi connectivity index (χ0n) is 8.61. The van der Waals surface area contributed by atoms with Gasteiger partial charge in [0.1, 0.15) is 0 Å². The fourth-order valence-electron chi connectivity index (χ4n) is 1.35. The average Bonchev–Trinajstić information content (AvgIpc) is 2.75. The predicted octanol–water partition coefficient (Wildman–Crippen LogP) is 3.25. The smallest absolute Gasteiger partial charge is 0.169 e. The van der Waals surface area contributed by atoms with Gasteiger partial charge < -0.3 is 0 Å². The lowest BCUT2D eigenvalue weighted by atomic mass is 10.1. The first kappa shape index (κ1) is 10.5. The van der Waals surface area contributed by atoms with Crippen molar-refractivity contribution in [3.63, 3.8) is 0 Å². The maximum atomic E-state index is 11.8. The SMILES string of the molecule is Cc1cc(C(=O)Cc2csc(C)n2)cs1. The molecule has 0 bridgehead atoms. The highest BCUT2D eigenvalue weighted by atomic mass is 32.1. The van der Waals surface area contributed by atoms with Gasteiger partial charge in [-0.25, -0.2) is 4.98 Å². The Morgan fingerprint density at radius 3 is 2.67 bits per heavy atom. The van der Waals surface area contributed by atoms with Gasteiger partial charge in [-0.2, -0.15) is 0 Å². The third-order valence-electron chi connectivity index (χ3n) is 2.06. The number of thiazole rings is 1. The Balaban J connectivity index is 2.10. The molecule has 2 aromatic heterocycles. The minimum Gasteiger partial charge on any atom is -0.294 e. The molecule has 0 aliphatic heterocycles. The van der Waals surface area contributed by atoms with Crippen LogP contribution in [0.2, 0.25) is 0 Å². The van der Waals surface area contributed by atoms with Crippen molar-refractivity contribution in [1.29, 1.82) is 0 Å². The standard InChI is InChI=1S/C11H11NOS2/c1-7-3-9(5-14-7)11(13)4-10-6-15-8(2)12-10/h3,5-6H,4H2,1-2H3. The molecule has 0 aromatic carbocycles. The summed E-state index contributed by atoms with van der Waals surface area (Å²) in [5.41, 5.74) is 1.69. The molecule has 2 heterocycles. The van der Waals surface area contributed by atoms with E-state index in [1.165, 1.54) is 4.88 Å². The van der Waals surface area contributed by atoms with E-state index in [-0.39, 0.29) is 5.78 Å². The van der Waals surface area contributed by atoms with E-state index in [2.05, 4.69) is 4.98 Å². The van der Waals surface area contributed by atoms with Crippen molar-refractivity contribution in [2.45, 2.75) is 20.3 Å². The molecule has 0 saturated carbocycles. The first-order chi connectivity index (χ1) is 7.15. The highest BCUT2D eigenvalue weighted by Gasteiger charge is 2.10. The van der Waals surface area contributed by atoms with Crippen molar-refractivity contribution in [3.05, 3.63) is 38.0 Å². The molecular weight excluding hydrogens is 226 g/mol. The van der Waals surface area contributed by atoms with Crippen LogP contribution in [0.15, 0.2) is 16.8 Å². The van der Waals surface area contributed by atoms with Crippen LogP contribution in [0.3, 0.4) is 0 Å². The van der Waals surface area contributed by atoms with Gasteiger partial charge in [-0.3, -0.25) is 4.79 Å². The summed E-state index contributed by atoms with van der Waals surface area (Å²) in [7, 11) is 0. The van der Waals surface area contributed by atoms with Gasteiger partial charge in [-0.1, -0.05) is 0 Å². The number of aromatic nitrogens is 1. The number of hydrogen-bond acceptors (Lipinski definition) is 4. The number of nitrogens with zero attached hydrogens (tertiary/aromatic N) is 1. The molecule has 0 unspecified atom stereocenters. The van der Waals surface area contributed by atoms with Crippen molar-refractivity contribution in [2.75, 3.05) is 0 Å². The van der Waals surface area contributed by atoms with E-state index >= 15 is 0 Å². The zero-order chi connectivity index (χ0) is 10.8. The van der Waals surface area contributed by atoms with Gasteiger partial charge in [0.15, 0.2) is 5.78 Å². The fourth-order valence-corrected chi connectivity index (χ4v) is 2.67. The Morgan fingerprint density at radius 1 is 1.33 bits per heavy atom. The summed E-state index contributed by atoms with van der Waals surface area (Å²) in [5, 5.41) is 4.88. The number of Topliss-reactive ketones (excluding diaryl/α,β-unsaturated/α-hetero) is 1. The molecule has 0 aliphatic rings. The minimum atomic E-state index is 0.157. The van der Waals surface area contributed by atoms with Crippen LogP contribution in [-0.2, 0) is 6.42 Å². The topological polar surface area (TPSA) is 30.0 Å². The second kappa shape index (κ2) is 4.24. The number of rotatable bonds is 3. The third kappa shape index (κ3) is 2.52. The summed E-state index contributed by atoms with van der Waals surface area (Å²) in [6.45, 7) is 3.96. The molecule has 0 aliphatic carbocycles. The van der Waals surface area contributed by atoms with Crippen LogP contribution in [0.25, 0.3) is 0 Å². The van der Waals surface area contributed by atoms with Gasteiger partial charge in [0.05, 0.1) is 17.1 Å². The molecule has 4 heteroatoms. The highest BCUT2D eigenvalue weighted by molar-refractivity contribution is 7.10. The van der Waals surface area contributed by atoms with Gasteiger partial charge in [0.2, 0.25) is 0 Å². The van der Waals surface area contributed by atoms with Crippen molar-refractivity contribution in [1.82, 2.24) is 4.98 Å². The van der Waals surface area contributed by atoms with Gasteiger partial charge >= 0.3 is 0 Å². The van der Waals surface area contributed by atoms with Crippen LogP contribution < -0.4 is 0 Å². The van der Waals surface area contributed by atoms with Crippen LogP contribution in [0.4, 0.5) is 0 Å². The first-order valence-electron chi connectivity index (χ1n) is 4.64. The van der Waals surface area contributed by atoms with Crippen molar-refractivity contribution < 1.29 is 4.79 Å². The predicted molar refractivity (Wildman–Crippen MR) is 63.9 cm³/mol. The molecule has 0 spiro atoms. The number of ketones is 1. The van der Waals surface area contributed by atoms with Crippen molar-refractivity contribution in [3.8, 4) is 0 Å². The Labute approximate surface area is 96.6 Å². The van der Waals surface area contributed by atoms with Gasteiger partial charge in [0.25, 0.3) is 0 Å². The molecule has 78 valence electrons. The van der Waals surface area contributed by atoms with Crippen LogP contribution >= 0.6 is 22.7 Å². The summed E-state index contributed by atoms with van der Waals surface area (Å²) in [6, 6.07) is 1.94. The molecule has 0 N–H and O–H groups in total. The number of carbonyl (C=O) groups excluding carboxylic acids is 1. The Morgan fingerprint density at radius 2 is 2.13 bits per heavy atom. The summed E-state index contributed by atoms with van der Waals surface area (Å²) < 4.78 is 0. The van der Waals surface area contributed by atoms with E-state index in [0.29, 0.717) is 6.42 Å². The third-order valence-corrected chi connectivity index (χ3v) is 3.74. The molecule has 2 aromatic rings. The first-order valence-corrected chi connectivity index (χ1v) is 6.40. The minimum absolute atomic E-state index is 0.157. The van der Waals surface area contributed by atoms with Crippen LogP contribution in [0.1, 0.15) is 25.9 Å². The highest BCUT2D eigenvalue weighted by Crippen LogP contribution is 2.16. The lowest BCUT2D eigenvalue weighted by Gasteiger charge is -1.93. The lowest BCUT2D eigenvalue weighted by Crippen LogP contribution is -2.02. The molecule has 2 rings (SSSR count). The van der Waals surface area contributed by atoms with Crippen LogP contribution in [0.5, 0.6) is 0 Å². The second-order valence-electron chi connectivity index (χ2n) is 3.40. The monoisotopic (exact) mass is 237 g/mol. The molecule has 0 radical (unpaired) electrons. The molecule has 0 saturated heterocycles. The molecule has 0 amide bonds. The fraction of sp³-hybridized carbons (Fsp3) is 0.273. The van der Waals surface area contributed by atoms with Crippen molar-refractivity contribution >= 4 is 28.5 Å². The Kier molecular flexibility index (Phi) is 2.98. The average molecular weight is 237 g/mol. The summed E-state index contributed by atoms with van der Waals surface area (Å²) in [4.78, 5) is 17.3. The summed E-state index contributed by atoms with van der Waals surface area (Å²) >= 11 is 3.20. The number of hydrogen-bond donors (Lipinski definition) is 0. The Bertz CT molecular complexity index is 484. The lowest BCUT2D eigenvalue weighted by molar-refractivity contribution is 0.0992. The largest absolute Gasteiger partial charge is 0.294 e. The summed E-state index contributed by atoms with van der Waals surface area (Å²) in [5.74, 6) is 0.157. The van der Waals surface area contributed by atoms with E-state index in [9.17, 15) is 4.79 Å². The Hall–Kier alpha value is -1.00. The normalized spacial score (nSPS) is 10.5. The van der Waals surface area contributed by atoms with E-state index in [1.54, 1.807) is 22.7 Å². The van der Waals surface area contributed by atoms with Crippen molar-refractivity contribution in [2.24, 2.45) is 0 Å². The van der Waals surface area contributed by atoms with E-state index in [0.717, 1.165) is 16.3 Å². The molecule has 2 nitrogen and oxygen atoms in total. The maximum Gasteiger partial charge on any atom is 0.169 e. The van der Waals surface area contributed by atoms with Crippen LogP contribution in [-0.4, -0.2) is 10.8 Å². The molecule has 15 heavy (non-hydrogen) atoms. The van der Waals surface area contributed by atoms with Gasteiger partial charge in [-0.05, 0) is 19.9 Å². The number of aryl methyl sites for hydroxylation is 2. The zero-order valence-corrected chi connectivity index (χ0v) is 10.2. The van der Waals surface area contributed by atoms with Gasteiger partial charge in [0, 0.05) is 21.2 Å².